The maximum atomic E-state index is 4.68. The Hall–Kier alpha value is -3.42. The van der Waals surface area contributed by atoms with Gasteiger partial charge < -0.3 is 15.6 Å². The van der Waals surface area contributed by atoms with E-state index in [0.29, 0.717) is 11.8 Å². The molecule has 0 spiro atoms. The number of hydrogen-bond acceptors (Lipinski definition) is 6. The molecule has 4 aromatic rings. The number of H-pyrrole nitrogens is 1. The summed E-state index contributed by atoms with van der Waals surface area (Å²) in [6.07, 6.45) is 5.80. The number of anilines is 3. The van der Waals surface area contributed by atoms with Crippen LogP contribution in [0.25, 0.3) is 11.0 Å². The second kappa shape index (κ2) is 5.83. The minimum absolute atomic E-state index is 0.253. The first-order valence-corrected chi connectivity index (χ1v) is 8.59. The van der Waals surface area contributed by atoms with E-state index in [9.17, 15) is 0 Å². The molecular formula is C18H18N8. The van der Waals surface area contributed by atoms with Gasteiger partial charge in [-0.15, -0.1) is 5.10 Å². The summed E-state index contributed by atoms with van der Waals surface area (Å²) in [7, 11) is 1.82. The van der Waals surface area contributed by atoms with Gasteiger partial charge in [-0.2, -0.15) is 9.97 Å². The van der Waals surface area contributed by atoms with Gasteiger partial charge in [0.1, 0.15) is 11.5 Å². The molecule has 0 bridgehead atoms. The quantitative estimate of drug-likeness (QED) is 0.526. The van der Waals surface area contributed by atoms with Crippen molar-refractivity contribution in [2.24, 2.45) is 7.05 Å². The molecule has 1 atom stereocenters. The van der Waals surface area contributed by atoms with Crippen LogP contribution in [0.2, 0.25) is 0 Å². The van der Waals surface area contributed by atoms with E-state index < -0.39 is 0 Å². The van der Waals surface area contributed by atoms with Crippen LogP contribution in [-0.2, 0) is 13.5 Å². The summed E-state index contributed by atoms with van der Waals surface area (Å²) >= 11 is 0. The molecule has 0 amide bonds. The third kappa shape index (κ3) is 2.55. The standard InChI is InChI=1S/C18H18N8/c1-26-10-15(24-25-26)21-18-22-16-13(8-9-19-16)17(23-18)20-14-7-6-11-4-2-3-5-12(11)14/h2-5,8-10,14H,6-7H2,1H3,(H3,19,20,21,22,23). The van der Waals surface area contributed by atoms with Gasteiger partial charge in [-0.1, -0.05) is 29.5 Å². The number of aryl methyl sites for hydroxylation is 2. The van der Waals surface area contributed by atoms with Crippen molar-refractivity contribution in [1.29, 1.82) is 0 Å². The summed E-state index contributed by atoms with van der Waals surface area (Å²) in [5.74, 6) is 1.90. The summed E-state index contributed by atoms with van der Waals surface area (Å²) < 4.78 is 1.63. The largest absolute Gasteiger partial charge is 0.363 e. The summed E-state index contributed by atoms with van der Waals surface area (Å²) in [6.45, 7) is 0. The molecule has 3 aromatic heterocycles. The molecule has 0 saturated carbocycles. The van der Waals surface area contributed by atoms with Crippen LogP contribution in [0.1, 0.15) is 23.6 Å². The van der Waals surface area contributed by atoms with Gasteiger partial charge in [0.25, 0.3) is 0 Å². The highest BCUT2D eigenvalue weighted by molar-refractivity contribution is 5.88. The van der Waals surface area contributed by atoms with Gasteiger partial charge in [0.15, 0.2) is 5.82 Å². The summed E-state index contributed by atoms with van der Waals surface area (Å²) in [5.41, 5.74) is 3.53. The molecule has 1 unspecified atom stereocenters. The second-order valence-electron chi connectivity index (χ2n) is 6.47. The van der Waals surface area contributed by atoms with Gasteiger partial charge in [0.05, 0.1) is 17.6 Å². The fraction of sp³-hybridized carbons (Fsp3) is 0.222. The molecule has 3 heterocycles. The third-order valence-electron chi connectivity index (χ3n) is 4.70. The molecule has 8 heteroatoms. The van der Waals surface area contributed by atoms with Crippen LogP contribution >= 0.6 is 0 Å². The predicted octanol–water partition coefficient (Wildman–Crippen LogP) is 2.93. The molecule has 26 heavy (non-hydrogen) atoms. The molecular weight excluding hydrogens is 328 g/mol. The smallest absolute Gasteiger partial charge is 0.232 e. The van der Waals surface area contributed by atoms with Crippen LogP contribution in [0.15, 0.2) is 42.7 Å². The monoisotopic (exact) mass is 346 g/mol. The number of nitrogens with zero attached hydrogens (tertiary/aromatic N) is 5. The van der Waals surface area contributed by atoms with E-state index in [2.05, 4.69) is 60.2 Å². The topological polar surface area (TPSA) is 96.3 Å². The Bertz CT molecular complexity index is 1080. The van der Waals surface area contributed by atoms with Crippen molar-refractivity contribution in [2.75, 3.05) is 10.6 Å². The average Bonchev–Trinajstić information content (AvgIpc) is 3.36. The lowest BCUT2D eigenvalue weighted by molar-refractivity contribution is 0.715. The van der Waals surface area contributed by atoms with Crippen LogP contribution < -0.4 is 10.6 Å². The Morgan fingerprint density at radius 1 is 1.19 bits per heavy atom. The Kier molecular flexibility index (Phi) is 3.34. The molecule has 0 fully saturated rings. The van der Waals surface area contributed by atoms with Crippen molar-refractivity contribution < 1.29 is 0 Å². The van der Waals surface area contributed by atoms with E-state index in [0.717, 1.165) is 29.7 Å². The first-order chi connectivity index (χ1) is 12.8. The maximum Gasteiger partial charge on any atom is 0.232 e. The zero-order valence-electron chi connectivity index (χ0n) is 14.3. The van der Waals surface area contributed by atoms with Crippen LogP contribution in [0.5, 0.6) is 0 Å². The zero-order chi connectivity index (χ0) is 17.5. The Morgan fingerprint density at radius 3 is 3.00 bits per heavy atom. The normalized spacial score (nSPS) is 16.0. The Labute approximate surface area is 149 Å². The summed E-state index contributed by atoms with van der Waals surface area (Å²) in [5, 5.41) is 15.6. The van der Waals surface area contributed by atoms with Crippen molar-refractivity contribution in [2.45, 2.75) is 18.9 Å². The van der Waals surface area contributed by atoms with Crippen molar-refractivity contribution in [3.63, 3.8) is 0 Å². The average molecular weight is 346 g/mol. The summed E-state index contributed by atoms with van der Waals surface area (Å²) in [4.78, 5) is 12.4. The number of aromatic nitrogens is 6. The molecule has 0 aliphatic heterocycles. The highest BCUT2D eigenvalue weighted by Crippen LogP contribution is 2.35. The number of benzene rings is 1. The van der Waals surface area contributed by atoms with E-state index in [4.69, 9.17) is 0 Å². The molecule has 8 nitrogen and oxygen atoms in total. The maximum absolute atomic E-state index is 4.68. The minimum Gasteiger partial charge on any atom is -0.363 e. The van der Waals surface area contributed by atoms with Crippen molar-refractivity contribution >= 4 is 28.6 Å². The predicted molar refractivity (Wildman–Crippen MR) is 99.3 cm³/mol. The highest BCUT2D eigenvalue weighted by atomic mass is 15.4. The van der Waals surface area contributed by atoms with Crippen molar-refractivity contribution in [3.05, 3.63) is 53.9 Å². The minimum atomic E-state index is 0.253. The van der Waals surface area contributed by atoms with Crippen molar-refractivity contribution in [3.8, 4) is 0 Å². The van der Waals surface area contributed by atoms with Gasteiger partial charge in [0, 0.05) is 13.2 Å². The molecule has 0 saturated heterocycles. The number of rotatable bonds is 4. The lowest BCUT2D eigenvalue weighted by Gasteiger charge is -2.16. The van der Waals surface area contributed by atoms with Gasteiger partial charge in [-0.3, -0.25) is 4.68 Å². The van der Waals surface area contributed by atoms with E-state index in [-0.39, 0.29) is 6.04 Å². The Morgan fingerprint density at radius 2 is 2.12 bits per heavy atom. The molecule has 3 N–H and O–H groups in total. The van der Waals surface area contributed by atoms with E-state index >= 15 is 0 Å². The van der Waals surface area contributed by atoms with Gasteiger partial charge in [-0.25, -0.2) is 0 Å². The van der Waals surface area contributed by atoms with Crippen LogP contribution in [-0.4, -0.2) is 29.9 Å². The van der Waals surface area contributed by atoms with Gasteiger partial charge >= 0.3 is 0 Å². The molecule has 1 aromatic carbocycles. The first-order valence-electron chi connectivity index (χ1n) is 8.59. The van der Waals surface area contributed by atoms with Crippen molar-refractivity contribution in [1.82, 2.24) is 29.9 Å². The number of aromatic amines is 1. The lowest BCUT2D eigenvalue weighted by atomic mass is 10.1. The molecule has 130 valence electrons. The van der Waals surface area contributed by atoms with Gasteiger partial charge in [-0.05, 0) is 30.0 Å². The van der Waals surface area contributed by atoms with Gasteiger partial charge in [0.2, 0.25) is 5.95 Å². The number of nitrogens with one attached hydrogen (secondary N) is 3. The Balaban J connectivity index is 1.50. The summed E-state index contributed by atoms with van der Waals surface area (Å²) in [6, 6.07) is 10.8. The van der Waals surface area contributed by atoms with Crippen LogP contribution in [0, 0.1) is 0 Å². The van der Waals surface area contributed by atoms with E-state index in [1.54, 1.807) is 10.9 Å². The second-order valence-corrected chi connectivity index (χ2v) is 6.47. The molecule has 0 radical (unpaired) electrons. The van der Waals surface area contributed by atoms with E-state index in [1.165, 1.54) is 11.1 Å². The fourth-order valence-corrected chi connectivity index (χ4v) is 3.50. The van der Waals surface area contributed by atoms with Crippen LogP contribution in [0.4, 0.5) is 17.6 Å². The molecule has 5 rings (SSSR count). The highest BCUT2D eigenvalue weighted by Gasteiger charge is 2.23. The number of fused-ring (bicyclic) bond motifs is 2. The third-order valence-corrected chi connectivity index (χ3v) is 4.70. The fourth-order valence-electron chi connectivity index (χ4n) is 3.50. The van der Waals surface area contributed by atoms with E-state index in [1.807, 2.05) is 19.3 Å². The molecule has 1 aliphatic rings. The SMILES string of the molecule is Cn1cc(Nc2nc(NC3CCc4ccccc43)c3cc[nH]c3n2)nn1. The number of hydrogen-bond donors (Lipinski definition) is 3. The van der Waals surface area contributed by atoms with Crippen LogP contribution in [0.3, 0.4) is 0 Å². The molecule has 1 aliphatic carbocycles. The first kappa shape index (κ1) is 14.9. The lowest BCUT2D eigenvalue weighted by Crippen LogP contribution is -2.10. The zero-order valence-corrected chi connectivity index (χ0v) is 14.3.